The van der Waals surface area contributed by atoms with Gasteiger partial charge in [-0.05, 0) is 25.1 Å². The summed E-state index contributed by atoms with van der Waals surface area (Å²) >= 11 is 4.86. The number of nitrogens with one attached hydrogen (secondary N) is 1. The number of benzene rings is 1. The molecule has 1 amide bonds. The molecule has 2 aromatic rings. The number of thiocarbonyl (C=S) groups is 1. The second kappa shape index (κ2) is 5.40. The molecule has 0 saturated carbocycles. The molecular formula is C14H16N2O2S. The number of amides is 1. The Bertz CT molecular complexity index is 633. The van der Waals surface area contributed by atoms with Gasteiger partial charge < -0.3 is 15.5 Å². The lowest BCUT2D eigenvalue weighted by atomic mass is 10.2. The first-order valence-corrected chi connectivity index (χ1v) is 6.46. The normalized spacial score (nSPS) is 12.3. The van der Waals surface area contributed by atoms with Crippen molar-refractivity contribution in [2.45, 2.75) is 13.8 Å². The Morgan fingerprint density at radius 1 is 1.47 bits per heavy atom. The highest BCUT2D eigenvalue weighted by atomic mass is 32.1. The van der Waals surface area contributed by atoms with Crippen LogP contribution in [0.4, 0.5) is 0 Å². The van der Waals surface area contributed by atoms with Crippen molar-refractivity contribution in [2.24, 2.45) is 11.7 Å². The molecule has 0 aliphatic carbocycles. The Morgan fingerprint density at radius 2 is 2.21 bits per heavy atom. The fourth-order valence-electron chi connectivity index (χ4n) is 1.71. The maximum absolute atomic E-state index is 11.9. The molecule has 1 atom stereocenters. The number of rotatable bonds is 4. The van der Waals surface area contributed by atoms with Crippen molar-refractivity contribution in [1.29, 1.82) is 0 Å². The maximum atomic E-state index is 11.9. The molecule has 0 aliphatic rings. The first-order valence-electron chi connectivity index (χ1n) is 6.05. The van der Waals surface area contributed by atoms with E-state index in [2.05, 4.69) is 5.32 Å². The summed E-state index contributed by atoms with van der Waals surface area (Å²) in [4.78, 5) is 12.3. The monoisotopic (exact) mass is 276 g/mol. The lowest BCUT2D eigenvalue weighted by Crippen LogP contribution is -2.33. The molecule has 3 N–H and O–H groups in total. The molecule has 0 fully saturated rings. The third-order valence-corrected chi connectivity index (χ3v) is 3.35. The molecule has 1 heterocycles. The summed E-state index contributed by atoms with van der Waals surface area (Å²) in [6.07, 6.45) is 0. The van der Waals surface area contributed by atoms with E-state index in [1.807, 2.05) is 32.0 Å². The van der Waals surface area contributed by atoms with Gasteiger partial charge in [0, 0.05) is 17.8 Å². The van der Waals surface area contributed by atoms with Gasteiger partial charge in [0.1, 0.15) is 5.58 Å². The lowest BCUT2D eigenvalue weighted by Gasteiger charge is -2.09. The molecule has 0 radical (unpaired) electrons. The van der Waals surface area contributed by atoms with Crippen LogP contribution in [0.5, 0.6) is 0 Å². The summed E-state index contributed by atoms with van der Waals surface area (Å²) < 4.78 is 5.50. The minimum Gasteiger partial charge on any atom is -0.451 e. The highest BCUT2D eigenvalue weighted by Gasteiger charge is 2.13. The highest BCUT2D eigenvalue weighted by molar-refractivity contribution is 7.80. The van der Waals surface area contributed by atoms with E-state index in [4.69, 9.17) is 22.4 Å². The predicted octanol–water partition coefficient (Wildman–Crippen LogP) is 2.39. The molecular weight excluding hydrogens is 260 g/mol. The number of fused-ring (bicyclic) bond motifs is 1. The van der Waals surface area contributed by atoms with E-state index in [9.17, 15) is 4.79 Å². The minimum absolute atomic E-state index is 0.0365. The van der Waals surface area contributed by atoms with Crippen LogP contribution in [0.15, 0.2) is 28.7 Å². The van der Waals surface area contributed by atoms with Crippen molar-refractivity contribution in [1.82, 2.24) is 5.32 Å². The van der Waals surface area contributed by atoms with Crippen LogP contribution >= 0.6 is 12.2 Å². The molecule has 1 aromatic heterocycles. The molecule has 0 bridgehead atoms. The zero-order chi connectivity index (χ0) is 14.0. The third-order valence-electron chi connectivity index (χ3n) is 2.95. The van der Waals surface area contributed by atoms with Gasteiger partial charge in [0.15, 0.2) is 5.76 Å². The van der Waals surface area contributed by atoms with Gasteiger partial charge in [0.05, 0.1) is 4.99 Å². The van der Waals surface area contributed by atoms with E-state index in [0.29, 0.717) is 22.9 Å². The predicted molar refractivity (Wildman–Crippen MR) is 79.2 cm³/mol. The third kappa shape index (κ3) is 3.12. The molecule has 19 heavy (non-hydrogen) atoms. The number of furan rings is 1. The summed E-state index contributed by atoms with van der Waals surface area (Å²) in [5.41, 5.74) is 7.33. The van der Waals surface area contributed by atoms with E-state index in [1.54, 1.807) is 6.07 Å². The SMILES string of the molecule is Cc1ccc2oc(C(=O)NCC(C)C(N)=S)cc2c1. The summed E-state index contributed by atoms with van der Waals surface area (Å²) in [5.74, 6) is 0.0123. The van der Waals surface area contributed by atoms with Crippen LogP contribution in [0.25, 0.3) is 11.0 Å². The van der Waals surface area contributed by atoms with Gasteiger partial charge in [-0.15, -0.1) is 0 Å². The van der Waals surface area contributed by atoms with Gasteiger partial charge >= 0.3 is 0 Å². The molecule has 100 valence electrons. The van der Waals surface area contributed by atoms with Gasteiger partial charge in [0.25, 0.3) is 5.91 Å². The van der Waals surface area contributed by atoms with E-state index >= 15 is 0 Å². The van der Waals surface area contributed by atoms with E-state index < -0.39 is 0 Å². The molecule has 2 rings (SSSR count). The second-order valence-corrected chi connectivity index (χ2v) is 5.14. The van der Waals surface area contributed by atoms with Crippen molar-refractivity contribution in [3.63, 3.8) is 0 Å². The van der Waals surface area contributed by atoms with Crippen LogP contribution in [-0.4, -0.2) is 17.4 Å². The largest absolute Gasteiger partial charge is 0.451 e. The van der Waals surface area contributed by atoms with E-state index in [-0.39, 0.29) is 11.8 Å². The summed E-state index contributed by atoms with van der Waals surface area (Å²) in [7, 11) is 0. The topological polar surface area (TPSA) is 68.3 Å². The van der Waals surface area contributed by atoms with Crippen molar-refractivity contribution in [3.8, 4) is 0 Å². The minimum atomic E-state index is -0.253. The Morgan fingerprint density at radius 3 is 2.89 bits per heavy atom. The van der Waals surface area contributed by atoms with Crippen LogP contribution in [0.2, 0.25) is 0 Å². The Balaban J connectivity index is 2.11. The van der Waals surface area contributed by atoms with Crippen molar-refractivity contribution < 1.29 is 9.21 Å². The smallest absolute Gasteiger partial charge is 0.287 e. The van der Waals surface area contributed by atoms with Crippen LogP contribution < -0.4 is 11.1 Å². The standard InChI is InChI=1S/C14H16N2O2S/c1-8-3-4-11-10(5-8)6-12(18-11)14(17)16-7-9(2)13(15)19/h3-6,9H,7H2,1-2H3,(H2,15,19)(H,16,17). The lowest BCUT2D eigenvalue weighted by molar-refractivity contribution is 0.0926. The zero-order valence-corrected chi connectivity index (χ0v) is 11.7. The number of hydrogen-bond donors (Lipinski definition) is 2. The summed E-state index contributed by atoms with van der Waals surface area (Å²) in [6, 6.07) is 7.53. The molecule has 1 unspecified atom stereocenters. The Labute approximate surface area is 117 Å². The van der Waals surface area contributed by atoms with E-state index in [1.165, 1.54) is 0 Å². The zero-order valence-electron chi connectivity index (χ0n) is 10.9. The highest BCUT2D eigenvalue weighted by Crippen LogP contribution is 2.20. The average molecular weight is 276 g/mol. The van der Waals surface area contributed by atoms with Crippen molar-refractivity contribution >= 4 is 34.1 Å². The van der Waals surface area contributed by atoms with Gasteiger partial charge in [-0.2, -0.15) is 0 Å². The van der Waals surface area contributed by atoms with Gasteiger partial charge in [0.2, 0.25) is 0 Å². The molecule has 5 heteroatoms. The number of carbonyl (C=O) groups excluding carboxylic acids is 1. The Kier molecular flexibility index (Phi) is 3.85. The van der Waals surface area contributed by atoms with Gasteiger partial charge in [-0.1, -0.05) is 30.8 Å². The van der Waals surface area contributed by atoms with Gasteiger partial charge in [-0.3, -0.25) is 4.79 Å². The number of nitrogens with two attached hydrogens (primary N) is 1. The van der Waals surface area contributed by atoms with Gasteiger partial charge in [-0.25, -0.2) is 0 Å². The molecule has 0 aliphatic heterocycles. The van der Waals surface area contributed by atoms with E-state index in [0.717, 1.165) is 10.9 Å². The van der Waals surface area contributed by atoms with Crippen molar-refractivity contribution in [3.05, 3.63) is 35.6 Å². The molecule has 0 saturated heterocycles. The average Bonchev–Trinajstić information content (AvgIpc) is 2.78. The Hall–Kier alpha value is -1.88. The summed E-state index contributed by atoms with van der Waals surface area (Å²) in [6.45, 7) is 4.27. The first-order chi connectivity index (χ1) is 8.97. The number of aryl methyl sites for hydroxylation is 1. The maximum Gasteiger partial charge on any atom is 0.287 e. The van der Waals surface area contributed by atoms with Crippen molar-refractivity contribution in [2.75, 3.05) is 6.54 Å². The van der Waals surface area contributed by atoms with Crippen LogP contribution in [-0.2, 0) is 0 Å². The van der Waals surface area contributed by atoms with Crippen LogP contribution in [0.1, 0.15) is 23.0 Å². The summed E-state index contributed by atoms with van der Waals surface area (Å²) in [5, 5.41) is 3.68. The number of carbonyl (C=O) groups is 1. The molecule has 0 spiro atoms. The molecule has 4 nitrogen and oxygen atoms in total. The second-order valence-electron chi connectivity index (χ2n) is 4.67. The fourth-order valence-corrected chi connectivity index (χ4v) is 1.79. The first kappa shape index (κ1) is 13.5. The van der Waals surface area contributed by atoms with Crippen LogP contribution in [0.3, 0.4) is 0 Å². The fraction of sp³-hybridized carbons (Fsp3) is 0.286. The van der Waals surface area contributed by atoms with Crippen LogP contribution in [0, 0.1) is 12.8 Å². The molecule has 1 aromatic carbocycles. The number of hydrogen-bond acceptors (Lipinski definition) is 3. The quantitative estimate of drug-likeness (QED) is 0.841.